The van der Waals surface area contributed by atoms with Gasteiger partial charge >= 0.3 is 0 Å². The maximum absolute atomic E-state index is 5.04. The smallest absolute Gasteiger partial charge is 0.0538 e. The first-order valence-corrected chi connectivity index (χ1v) is 4.32. The van der Waals surface area contributed by atoms with E-state index < -0.39 is 0 Å². The molecule has 2 N–H and O–H groups in total. The van der Waals surface area contributed by atoms with Crippen molar-refractivity contribution >= 4 is 11.9 Å². The van der Waals surface area contributed by atoms with Gasteiger partial charge in [0, 0.05) is 19.3 Å². The van der Waals surface area contributed by atoms with E-state index in [-0.39, 0.29) is 0 Å². The van der Waals surface area contributed by atoms with Gasteiger partial charge in [0.05, 0.1) is 6.21 Å². The zero-order valence-corrected chi connectivity index (χ0v) is 8.07. The van der Waals surface area contributed by atoms with Crippen LogP contribution in [0.5, 0.6) is 0 Å². The lowest BCUT2D eigenvalue weighted by atomic mass is 10.2. The highest BCUT2D eigenvalue weighted by Gasteiger charge is 1.96. The monoisotopic (exact) mass is 177 g/mol. The van der Waals surface area contributed by atoms with Crippen LogP contribution in [0.3, 0.4) is 0 Å². The molecule has 0 fully saturated rings. The van der Waals surface area contributed by atoms with E-state index in [4.69, 9.17) is 5.84 Å². The first-order chi connectivity index (χ1) is 6.27. The van der Waals surface area contributed by atoms with Gasteiger partial charge in [-0.15, -0.1) is 0 Å². The van der Waals surface area contributed by atoms with Crippen LogP contribution in [-0.2, 0) is 0 Å². The summed E-state index contributed by atoms with van der Waals surface area (Å²) in [4.78, 5) is 2.17. The van der Waals surface area contributed by atoms with Crippen LogP contribution in [0.15, 0.2) is 29.4 Å². The van der Waals surface area contributed by atoms with Gasteiger partial charge in [-0.2, -0.15) is 5.10 Å². The van der Waals surface area contributed by atoms with E-state index in [0.29, 0.717) is 0 Å². The van der Waals surface area contributed by atoms with Gasteiger partial charge in [-0.1, -0.05) is 12.1 Å². The highest BCUT2D eigenvalue weighted by Crippen LogP contribution is 2.12. The van der Waals surface area contributed by atoms with Gasteiger partial charge in [0.1, 0.15) is 0 Å². The second-order valence-electron chi connectivity index (χ2n) is 2.88. The van der Waals surface area contributed by atoms with Crippen molar-refractivity contribution in [2.24, 2.45) is 10.9 Å². The molecule has 0 unspecified atom stereocenters. The highest BCUT2D eigenvalue weighted by molar-refractivity contribution is 5.80. The molecule has 0 aliphatic carbocycles. The lowest BCUT2D eigenvalue weighted by molar-refractivity contribution is 0.968. The summed E-state index contributed by atoms with van der Waals surface area (Å²) in [6.45, 7) is 3.12. The summed E-state index contributed by atoms with van der Waals surface area (Å²) in [6.07, 6.45) is 1.63. The predicted molar refractivity (Wildman–Crippen MR) is 57.2 cm³/mol. The minimum atomic E-state index is 1.00. The van der Waals surface area contributed by atoms with E-state index in [1.807, 2.05) is 12.1 Å². The van der Waals surface area contributed by atoms with Gasteiger partial charge < -0.3 is 10.7 Å². The van der Waals surface area contributed by atoms with Crippen LogP contribution in [-0.4, -0.2) is 19.8 Å². The predicted octanol–water partition coefficient (Wildman–Crippen LogP) is 1.44. The largest absolute Gasteiger partial charge is 0.375 e. The van der Waals surface area contributed by atoms with Crippen LogP contribution >= 0.6 is 0 Å². The quantitative estimate of drug-likeness (QED) is 0.431. The van der Waals surface area contributed by atoms with Crippen molar-refractivity contribution in [3.05, 3.63) is 29.8 Å². The Kier molecular flexibility index (Phi) is 3.31. The van der Waals surface area contributed by atoms with Gasteiger partial charge in [0.2, 0.25) is 0 Å². The Hall–Kier alpha value is -1.51. The van der Waals surface area contributed by atoms with Crippen LogP contribution in [0, 0.1) is 0 Å². The van der Waals surface area contributed by atoms with Crippen LogP contribution in [0.2, 0.25) is 0 Å². The topological polar surface area (TPSA) is 41.6 Å². The third-order valence-corrected chi connectivity index (χ3v) is 2.03. The van der Waals surface area contributed by atoms with E-state index in [1.54, 1.807) is 6.21 Å². The summed E-state index contributed by atoms with van der Waals surface area (Å²) < 4.78 is 0. The molecule has 0 heterocycles. The molecular formula is C10H15N3. The Balaban J connectivity index is 2.80. The molecular weight excluding hydrogens is 162 g/mol. The van der Waals surface area contributed by atoms with Crippen LogP contribution < -0.4 is 10.7 Å². The molecule has 0 aliphatic heterocycles. The fourth-order valence-electron chi connectivity index (χ4n) is 1.08. The summed E-state index contributed by atoms with van der Waals surface area (Å²) >= 11 is 0. The van der Waals surface area contributed by atoms with Crippen molar-refractivity contribution in [2.75, 3.05) is 18.5 Å². The van der Waals surface area contributed by atoms with Gasteiger partial charge in [0.25, 0.3) is 0 Å². The van der Waals surface area contributed by atoms with Crippen molar-refractivity contribution in [2.45, 2.75) is 6.92 Å². The van der Waals surface area contributed by atoms with Gasteiger partial charge in [-0.3, -0.25) is 0 Å². The minimum Gasteiger partial charge on any atom is -0.375 e. The average molecular weight is 177 g/mol. The standard InChI is InChI=1S/C10H15N3/c1-3-13(2)10-6-4-9(5-7-10)8-12-11/h4-8H,3,11H2,1-2H3. The summed E-state index contributed by atoms with van der Waals surface area (Å²) in [5.74, 6) is 5.04. The van der Waals surface area contributed by atoms with Crippen LogP contribution in [0.25, 0.3) is 0 Å². The zero-order chi connectivity index (χ0) is 9.68. The fourth-order valence-corrected chi connectivity index (χ4v) is 1.08. The molecule has 0 aromatic heterocycles. The second-order valence-corrected chi connectivity index (χ2v) is 2.88. The molecule has 1 rings (SSSR count). The lowest BCUT2D eigenvalue weighted by Gasteiger charge is -2.16. The molecule has 13 heavy (non-hydrogen) atoms. The minimum absolute atomic E-state index is 1.00. The second kappa shape index (κ2) is 4.50. The van der Waals surface area contributed by atoms with Crippen molar-refractivity contribution < 1.29 is 0 Å². The first kappa shape index (κ1) is 9.58. The third-order valence-electron chi connectivity index (χ3n) is 2.03. The molecule has 0 radical (unpaired) electrons. The molecule has 70 valence electrons. The summed E-state index contributed by atoms with van der Waals surface area (Å²) in [7, 11) is 2.06. The Morgan fingerprint density at radius 1 is 1.38 bits per heavy atom. The van der Waals surface area contributed by atoms with E-state index >= 15 is 0 Å². The third kappa shape index (κ3) is 2.47. The summed E-state index contributed by atoms with van der Waals surface area (Å²) in [6, 6.07) is 8.11. The van der Waals surface area contributed by atoms with Crippen LogP contribution in [0.4, 0.5) is 5.69 Å². The molecule has 0 bridgehead atoms. The van der Waals surface area contributed by atoms with Crippen molar-refractivity contribution in [3.8, 4) is 0 Å². The van der Waals surface area contributed by atoms with E-state index in [2.05, 4.69) is 36.1 Å². The molecule has 1 aromatic carbocycles. The summed E-state index contributed by atoms with van der Waals surface area (Å²) in [5.41, 5.74) is 2.23. The molecule has 0 amide bonds. The Morgan fingerprint density at radius 2 is 2.00 bits per heavy atom. The SMILES string of the molecule is CCN(C)c1ccc(C=NN)cc1. The molecule has 3 nitrogen and oxygen atoms in total. The fraction of sp³-hybridized carbons (Fsp3) is 0.300. The molecule has 0 atom stereocenters. The zero-order valence-electron chi connectivity index (χ0n) is 8.07. The number of hydrazone groups is 1. The number of benzene rings is 1. The molecule has 3 heteroatoms. The Morgan fingerprint density at radius 3 is 2.46 bits per heavy atom. The molecule has 0 saturated heterocycles. The van der Waals surface area contributed by atoms with Crippen LogP contribution in [0.1, 0.15) is 12.5 Å². The molecule has 0 spiro atoms. The Bertz CT molecular complexity index is 277. The lowest BCUT2D eigenvalue weighted by Crippen LogP contribution is -2.15. The van der Waals surface area contributed by atoms with Crippen molar-refractivity contribution in [3.63, 3.8) is 0 Å². The number of hydrogen-bond donors (Lipinski definition) is 1. The maximum Gasteiger partial charge on any atom is 0.0538 e. The van der Waals surface area contributed by atoms with E-state index in [0.717, 1.165) is 12.1 Å². The number of rotatable bonds is 3. The average Bonchev–Trinajstić information content (AvgIpc) is 2.18. The van der Waals surface area contributed by atoms with Crippen molar-refractivity contribution in [1.82, 2.24) is 0 Å². The molecule has 1 aromatic rings. The van der Waals surface area contributed by atoms with E-state index in [9.17, 15) is 0 Å². The number of hydrogen-bond acceptors (Lipinski definition) is 3. The maximum atomic E-state index is 5.04. The molecule has 0 aliphatic rings. The van der Waals surface area contributed by atoms with E-state index in [1.165, 1.54) is 5.69 Å². The highest BCUT2D eigenvalue weighted by atomic mass is 15.1. The first-order valence-electron chi connectivity index (χ1n) is 4.32. The Labute approximate surface area is 78.9 Å². The number of anilines is 1. The number of nitrogens with zero attached hydrogens (tertiary/aromatic N) is 2. The normalized spacial score (nSPS) is 10.6. The van der Waals surface area contributed by atoms with Gasteiger partial charge in [0.15, 0.2) is 0 Å². The van der Waals surface area contributed by atoms with Gasteiger partial charge in [-0.05, 0) is 24.6 Å². The molecule has 0 saturated carbocycles. The van der Waals surface area contributed by atoms with Crippen molar-refractivity contribution in [1.29, 1.82) is 0 Å². The summed E-state index contributed by atoms with van der Waals surface area (Å²) in [5, 5.41) is 3.46. The van der Waals surface area contributed by atoms with Gasteiger partial charge in [-0.25, -0.2) is 0 Å². The number of nitrogens with two attached hydrogens (primary N) is 1.